The molecular weight excluding hydrogens is 386 g/mol. The first-order valence-corrected chi connectivity index (χ1v) is 11.6. The number of fused-ring (bicyclic) bond motifs is 1. The first-order valence-electron chi connectivity index (χ1n) is 10.2. The molecule has 0 fully saturated rings. The van der Waals surface area contributed by atoms with Crippen molar-refractivity contribution in [2.75, 3.05) is 32.0 Å². The van der Waals surface area contributed by atoms with Crippen molar-refractivity contribution >= 4 is 21.6 Å². The maximum absolute atomic E-state index is 12.6. The van der Waals surface area contributed by atoms with E-state index in [1.54, 1.807) is 31.3 Å². The summed E-state index contributed by atoms with van der Waals surface area (Å²) in [6.45, 7) is 4.71. The maximum atomic E-state index is 12.6. The van der Waals surface area contributed by atoms with Crippen LogP contribution in [0.2, 0.25) is 0 Å². The largest absolute Gasteiger partial charge is 0.323 e. The Hall–Kier alpha value is -2.22. The van der Waals surface area contributed by atoms with Crippen LogP contribution in [0.4, 0.5) is 5.69 Å². The molecule has 0 saturated carbocycles. The van der Waals surface area contributed by atoms with Crippen LogP contribution >= 0.6 is 0 Å². The van der Waals surface area contributed by atoms with Gasteiger partial charge in [0.25, 0.3) is 5.91 Å². The van der Waals surface area contributed by atoms with Crippen LogP contribution in [0, 0.1) is 0 Å². The third-order valence-electron chi connectivity index (χ3n) is 5.39. The van der Waals surface area contributed by atoms with Crippen molar-refractivity contribution in [1.82, 2.24) is 4.31 Å². The second kappa shape index (κ2) is 9.52. The van der Waals surface area contributed by atoms with E-state index < -0.39 is 10.0 Å². The summed E-state index contributed by atoms with van der Waals surface area (Å²) in [5.74, 6) is -0.0601. The maximum Gasteiger partial charge on any atom is 0.279 e. The van der Waals surface area contributed by atoms with Crippen molar-refractivity contribution in [1.29, 1.82) is 0 Å². The van der Waals surface area contributed by atoms with Crippen LogP contribution in [0.1, 0.15) is 30.9 Å². The zero-order valence-corrected chi connectivity index (χ0v) is 18.0. The minimum Gasteiger partial charge on any atom is -0.323 e. The number of anilines is 1. The second-order valence-electron chi connectivity index (χ2n) is 7.62. The molecule has 1 heterocycles. The summed E-state index contributed by atoms with van der Waals surface area (Å²) >= 11 is 0. The highest BCUT2D eigenvalue weighted by molar-refractivity contribution is 7.89. The molecule has 1 aliphatic heterocycles. The Balaban J connectivity index is 1.56. The number of amides is 1. The molecule has 2 aromatic rings. The van der Waals surface area contributed by atoms with Gasteiger partial charge in [0.1, 0.15) is 6.54 Å². The lowest BCUT2D eigenvalue weighted by molar-refractivity contribution is -0.907. The summed E-state index contributed by atoms with van der Waals surface area (Å²) in [4.78, 5) is 13.9. The molecule has 0 saturated heterocycles. The topological polar surface area (TPSA) is 70.9 Å². The van der Waals surface area contributed by atoms with Gasteiger partial charge in [-0.15, -0.1) is 0 Å². The van der Waals surface area contributed by atoms with Crippen LogP contribution in [0.5, 0.6) is 0 Å². The minimum atomic E-state index is -3.49. The number of unbranched alkanes of at least 4 members (excludes halogenated alkanes) is 1. The van der Waals surface area contributed by atoms with Gasteiger partial charge in [-0.25, -0.2) is 12.7 Å². The molecule has 2 N–H and O–H groups in total. The molecule has 6 nitrogen and oxygen atoms in total. The Labute approximate surface area is 173 Å². The van der Waals surface area contributed by atoms with Gasteiger partial charge in [0.2, 0.25) is 10.0 Å². The molecule has 0 radical (unpaired) electrons. The molecule has 1 amide bonds. The van der Waals surface area contributed by atoms with Crippen LogP contribution in [0.3, 0.4) is 0 Å². The number of nitrogens with zero attached hydrogens (tertiary/aromatic N) is 1. The molecule has 0 spiro atoms. The fourth-order valence-electron chi connectivity index (χ4n) is 3.62. The molecule has 1 unspecified atom stereocenters. The van der Waals surface area contributed by atoms with Gasteiger partial charge in [0.05, 0.1) is 11.4 Å². The number of quaternary nitrogens is 1. The van der Waals surface area contributed by atoms with E-state index >= 15 is 0 Å². The first kappa shape index (κ1) is 21.5. The van der Waals surface area contributed by atoms with Crippen LogP contribution in [0.15, 0.2) is 53.4 Å². The van der Waals surface area contributed by atoms with E-state index in [0.717, 1.165) is 32.4 Å². The second-order valence-corrected chi connectivity index (χ2v) is 9.67. The summed E-state index contributed by atoms with van der Waals surface area (Å²) in [6, 6.07) is 14.8. The molecule has 3 rings (SSSR count). The van der Waals surface area contributed by atoms with E-state index in [9.17, 15) is 13.2 Å². The van der Waals surface area contributed by atoms with E-state index in [1.807, 2.05) is 13.0 Å². The Morgan fingerprint density at radius 1 is 1.10 bits per heavy atom. The summed E-state index contributed by atoms with van der Waals surface area (Å²) in [5, 5.41) is 2.89. The SMILES string of the molecule is CCCCN(C)S(=O)(=O)c1ccc(NC(=O)C[NH+]2CCc3ccccc3C2)cc1. The van der Waals surface area contributed by atoms with Crippen LogP contribution < -0.4 is 10.2 Å². The van der Waals surface area contributed by atoms with Crippen LogP contribution in [-0.2, 0) is 27.8 Å². The zero-order valence-electron chi connectivity index (χ0n) is 17.1. The third kappa shape index (κ3) is 5.44. The number of benzene rings is 2. The quantitative estimate of drug-likeness (QED) is 0.688. The molecule has 29 heavy (non-hydrogen) atoms. The highest BCUT2D eigenvalue weighted by atomic mass is 32.2. The van der Waals surface area contributed by atoms with Gasteiger partial charge >= 0.3 is 0 Å². The molecule has 1 aliphatic rings. The summed E-state index contributed by atoms with van der Waals surface area (Å²) < 4.78 is 26.5. The normalized spacial score (nSPS) is 16.4. The fraction of sp³-hybridized carbons (Fsp3) is 0.409. The lowest BCUT2D eigenvalue weighted by Gasteiger charge is -2.25. The van der Waals surface area contributed by atoms with Crippen molar-refractivity contribution in [2.24, 2.45) is 0 Å². The molecule has 0 bridgehead atoms. The highest BCUT2D eigenvalue weighted by Gasteiger charge is 2.22. The van der Waals surface area contributed by atoms with Crippen molar-refractivity contribution in [3.05, 3.63) is 59.7 Å². The fourth-order valence-corrected chi connectivity index (χ4v) is 4.83. The minimum absolute atomic E-state index is 0.0601. The summed E-state index contributed by atoms with van der Waals surface area (Å²) in [6.07, 6.45) is 2.75. The Kier molecular flexibility index (Phi) is 7.05. The lowest BCUT2D eigenvalue weighted by Crippen LogP contribution is -3.12. The number of carbonyl (C=O) groups excluding carboxylic acids is 1. The van der Waals surface area contributed by atoms with Crippen LogP contribution in [-0.4, -0.2) is 45.3 Å². The summed E-state index contributed by atoms with van der Waals surface area (Å²) in [5.41, 5.74) is 3.29. The number of hydrogen-bond donors (Lipinski definition) is 2. The average molecular weight is 417 g/mol. The lowest BCUT2D eigenvalue weighted by atomic mass is 10.00. The van der Waals surface area contributed by atoms with E-state index in [-0.39, 0.29) is 10.8 Å². The van der Waals surface area contributed by atoms with Gasteiger partial charge in [-0.2, -0.15) is 0 Å². The molecule has 0 aromatic heterocycles. The average Bonchev–Trinajstić information content (AvgIpc) is 2.72. The molecule has 7 heteroatoms. The molecule has 2 aromatic carbocycles. The Morgan fingerprint density at radius 2 is 1.79 bits per heavy atom. The molecule has 0 aliphatic carbocycles. The molecular formula is C22H30N3O3S+. The number of rotatable bonds is 8. The number of nitrogens with one attached hydrogen (secondary N) is 2. The molecule has 1 atom stereocenters. The van der Waals surface area contributed by atoms with Gasteiger partial charge in [-0.05, 0) is 36.2 Å². The summed E-state index contributed by atoms with van der Waals surface area (Å²) in [7, 11) is -1.89. The number of sulfonamides is 1. The van der Waals surface area contributed by atoms with Gasteiger partial charge in [0, 0.05) is 31.3 Å². The zero-order chi connectivity index (χ0) is 20.9. The highest BCUT2D eigenvalue weighted by Crippen LogP contribution is 2.18. The smallest absolute Gasteiger partial charge is 0.279 e. The van der Waals surface area contributed by atoms with E-state index in [0.29, 0.717) is 18.8 Å². The molecule has 156 valence electrons. The van der Waals surface area contributed by atoms with Crippen molar-refractivity contribution in [2.45, 2.75) is 37.6 Å². The van der Waals surface area contributed by atoms with E-state index in [1.165, 1.54) is 20.3 Å². The predicted octanol–water partition coefficient (Wildman–Crippen LogP) is 1.69. The van der Waals surface area contributed by atoms with Crippen LogP contribution in [0.25, 0.3) is 0 Å². The number of hydrogen-bond acceptors (Lipinski definition) is 3. The van der Waals surface area contributed by atoms with Crippen molar-refractivity contribution in [3.8, 4) is 0 Å². The predicted molar refractivity (Wildman–Crippen MR) is 114 cm³/mol. The van der Waals surface area contributed by atoms with Crippen molar-refractivity contribution in [3.63, 3.8) is 0 Å². The first-order chi connectivity index (χ1) is 13.9. The van der Waals surface area contributed by atoms with E-state index in [4.69, 9.17) is 0 Å². The Bertz CT molecular complexity index is 942. The number of carbonyl (C=O) groups is 1. The van der Waals surface area contributed by atoms with Crippen molar-refractivity contribution < 1.29 is 18.1 Å². The standard InChI is InChI=1S/C22H29N3O3S/c1-3-4-14-24(2)29(27,28)21-11-9-20(10-12-21)23-22(26)17-25-15-13-18-7-5-6-8-19(18)16-25/h5-12H,3-4,13-17H2,1-2H3,(H,23,26)/p+1. The van der Waals surface area contributed by atoms with E-state index in [2.05, 4.69) is 23.5 Å². The Morgan fingerprint density at radius 3 is 2.48 bits per heavy atom. The van der Waals surface area contributed by atoms with Gasteiger partial charge in [-0.3, -0.25) is 4.79 Å². The monoisotopic (exact) mass is 416 g/mol. The third-order valence-corrected chi connectivity index (χ3v) is 7.26. The van der Waals surface area contributed by atoms with Gasteiger partial charge in [-0.1, -0.05) is 37.6 Å². The van der Waals surface area contributed by atoms with Gasteiger partial charge in [0.15, 0.2) is 6.54 Å². The van der Waals surface area contributed by atoms with Gasteiger partial charge < -0.3 is 10.2 Å².